The Morgan fingerprint density at radius 1 is 1.40 bits per heavy atom. The molecule has 0 spiro atoms. The number of aryl methyl sites for hydroxylation is 1. The molecule has 0 aliphatic heterocycles. The number of amides is 1. The van der Waals surface area contributed by atoms with Crippen molar-refractivity contribution in [2.75, 3.05) is 20.1 Å². The fraction of sp³-hybridized carbons (Fsp3) is 0.562. The summed E-state index contributed by atoms with van der Waals surface area (Å²) in [5, 5.41) is 2.90. The Labute approximate surface area is 122 Å². The average Bonchev–Trinajstić information content (AvgIpc) is 2.38. The number of carbonyl (C=O) groups is 1. The number of benzene rings is 1. The molecule has 0 aliphatic carbocycles. The number of carbonyl (C=O) groups excluding carboxylic acids is 1. The summed E-state index contributed by atoms with van der Waals surface area (Å²) in [6, 6.07) is 8.21. The first kappa shape index (κ1) is 16.7. The Bertz CT molecular complexity index is 431. The molecule has 1 aromatic rings. The summed E-state index contributed by atoms with van der Waals surface area (Å²) in [6.45, 7) is 7.19. The van der Waals surface area contributed by atoms with Crippen LogP contribution in [-0.2, 0) is 4.79 Å². The maximum absolute atomic E-state index is 11.9. The summed E-state index contributed by atoms with van der Waals surface area (Å²) in [5.74, 6) is 0.0496. The van der Waals surface area contributed by atoms with Gasteiger partial charge >= 0.3 is 0 Å². The second-order valence-corrected chi connectivity index (χ2v) is 5.43. The lowest BCUT2D eigenvalue weighted by molar-refractivity contribution is -0.122. The number of hydrogen-bond acceptors (Lipinski definition) is 3. The van der Waals surface area contributed by atoms with E-state index in [-0.39, 0.29) is 18.0 Å². The smallest absolute Gasteiger partial charge is 0.234 e. The lowest BCUT2D eigenvalue weighted by atomic mass is 9.95. The van der Waals surface area contributed by atoms with Crippen LogP contribution in [-0.4, -0.2) is 37.0 Å². The van der Waals surface area contributed by atoms with Gasteiger partial charge in [-0.2, -0.15) is 0 Å². The number of likely N-dealkylation sites (N-methyl/N-ethyl adjacent to an activating group) is 1. The van der Waals surface area contributed by atoms with Crippen molar-refractivity contribution in [3.05, 3.63) is 35.4 Å². The van der Waals surface area contributed by atoms with Gasteiger partial charge in [0.25, 0.3) is 0 Å². The second-order valence-electron chi connectivity index (χ2n) is 5.43. The van der Waals surface area contributed by atoms with Crippen molar-refractivity contribution in [1.82, 2.24) is 10.2 Å². The molecule has 0 fully saturated rings. The van der Waals surface area contributed by atoms with E-state index in [0.717, 1.165) is 13.0 Å². The van der Waals surface area contributed by atoms with Gasteiger partial charge in [0.1, 0.15) is 0 Å². The Morgan fingerprint density at radius 2 is 2.05 bits per heavy atom. The molecule has 0 saturated carbocycles. The van der Waals surface area contributed by atoms with Crippen LogP contribution < -0.4 is 11.1 Å². The zero-order chi connectivity index (χ0) is 15.1. The molecule has 0 saturated heterocycles. The molecule has 0 bridgehead atoms. The van der Waals surface area contributed by atoms with Crippen LogP contribution >= 0.6 is 0 Å². The zero-order valence-corrected chi connectivity index (χ0v) is 13.0. The normalized spacial score (nSPS) is 14.1. The maximum atomic E-state index is 11.9. The summed E-state index contributed by atoms with van der Waals surface area (Å²) in [4.78, 5) is 13.9. The summed E-state index contributed by atoms with van der Waals surface area (Å²) < 4.78 is 0. The predicted octanol–water partition coefficient (Wildman–Crippen LogP) is 1.84. The molecule has 112 valence electrons. The lowest BCUT2D eigenvalue weighted by Crippen LogP contribution is -2.43. The first-order chi connectivity index (χ1) is 9.47. The number of nitrogens with two attached hydrogens (primary N) is 1. The van der Waals surface area contributed by atoms with Crippen molar-refractivity contribution < 1.29 is 4.79 Å². The van der Waals surface area contributed by atoms with Gasteiger partial charge in [0.2, 0.25) is 5.91 Å². The van der Waals surface area contributed by atoms with E-state index in [2.05, 4.69) is 24.4 Å². The molecular weight excluding hydrogens is 250 g/mol. The summed E-state index contributed by atoms with van der Waals surface area (Å²) in [7, 11) is 1.95. The van der Waals surface area contributed by atoms with Gasteiger partial charge < -0.3 is 11.1 Å². The molecule has 0 aromatic heterocycles. The third-order valence-corrected chi connectivity index (χ3v) is 3.45. The monoisotopic (exact) mass is 277 g/mol. The van der Waals surface area contributed by atoms with E-state index in [1.54, 1.807) is 0 Å². The molecule has 3 N–H and O–H groups in total. The third-order valence-electron chi connectivity index (χ3n) is 3.45. The molecule has 20 heavy (non-hydrogen) atoms. The van der Waals surface area contributed by atoms with Gasteiger partial charge in [-0.05, 0) is 38.4 Å². The molecule has 1 rings (SSSR count). The summed E-state index contributed by atoms with van der Waals surface area (Å²) in [6.07, 6.45) is 0.948. The largest absolute Gasteiger partial charge is 0.355 e. The topological polar surface area (TPSA) is 58.4 Å². The van der Waals surface area contributed by atoms with Crippen molar-refractivity contribution in [3.8, 4) is 0 Å². The number of nitrogens with zero attached hydrogens (tertiary/aromatic N) is 1. The highest BCUT2D eigenvalue weighted by molar-refractivity contribution is 5.78. The van der Waals surface area contributed by atoms with Crippen LogP contribution in [0.2, 0.25) is 0 Å². The minimum Gasteiger partial charge on any atom is -0.355 e. The third kappa shape index (κ3) is 4.62. The fourth-order valence-electron chi connectivity index (χ4n) is 2.49. The molecule has 0 heterocycles. The second kappa shape index (κ2) is 8.02. The van der Waals surface area contributed by atoms with Crippen LogP contribution in [0.5, 0.6) is 0 Å². The first-order valence-electron chi connectivity index (χ1n) is 7.25. The lowest BCUT2D eigenvalue weighted by Gasteiger charge is -2.32. The highest BCUT2D eigenvalue weighted by Crippen LogP contribution is 2.24. The molecule has 4 heteroatoms. The SMILES string of the molecule is CCCNC(=O)CN(C)C(c1ccccc1C)C(C)N. The van der Waals surface area contributed by atoms with E-state index in [0.29, 0.717) is 6.54 Å². The molecule has 2 atom stereocenters. The van der Waals surface area contributed by atoms with Crippen LogP contribution in [0, 0.1) is 6.92 Å². The highest BCUT2D eigenvalue weighted by atomic mass is 16.2. The molecule has 1 amide bonds. The fourth-order valence-corrected chi connectivity index (χ4v) is 2.49. The molecular formula is C16H27N3O. The van der Waals surface area contributed by atoms with Crippen LogP contribution in [0.15, 0.2) is 24.3 Å². The predicted molar refractivity (Wildman–Crippen MR) is 83.5 cm³/mol. The molecule has 0 radical (unpaired) electrons. The van der Waals surface area contributed by atoms with E-state index >= 15 is 0 Å². The van der Waals surface area contributed by atoms with E-state index in [1.807, 2.05) is 37.9 Å². The Morgan fingerprint density at radius 3 is 2.60 bits per heavy atom. The maximum Gasteiger partial charge on any atom is 0.234 e. The molecule has 1 aromatic carbocycles. The number of hydrogen-bond donors (Lipinski definition) is 2. The van der Waals surface area contributed by atoms with Crippen molar-refractivity contribution in [2.24, 2.45) is 5.73 Å². The molecule has 2 unspecified atom stereocenters. The van der Waals surface area contributed by atoms with E-state index in [4.69, 9.17) is 5.73 Å². The number of nitrogens with one attached hydrogen (secondary N) is 1. The van der Waals surface area contributed by atoms with Gasteiger partial charge in [-0.25, -0.2) is 0 Å². The van der Waals surface area contributed by atoms with Gasteiger partial charge in [0.15, 0.2) is 0 Å². The van der Waals surface area contributed by atoms with Crippen molar-refractivity contribution in [2.45, 2.75) is 39.3 Å². The zero-order valence-electron chi connectivity index (χ0n) is 13.0. The van der Waals surface area contributed by atoms with Crippen LogP contribution in [0.25, 0.3) is 0 Å². The summed E-state index contributed by atoms with van der Waals surface area (Å²) in [5.41, 5.74) is 8.53. The van der Waals surface area contributed by atoms with Crippen molar-refractivity contribution in [1.29, 1.82) is 0 Å². The Balaban J connectivity index is 2.81. The quantitative estimate of drug-likeness (QED) is 0.799. The van der Waals surface area contributed by atoms with Gasteiger partial charge in [-0.3, -0.25) is 9.69 Å². The highest BCUT2D eigenvalue weighted by Gasteiger charge is 2.23. The van der Waals surface area contributed by atoms with E-state index in [1.165, 1.54) is 11.1 Å². The number of rotatable bonds is 7. The van der Waals surface area contributed by atoms with E-state index < -0.39 is 0 Å². The minimum atomic E-state index is -0.0416. The molecule has 4 nitrogen and oxygen atoms in total. The van der Waals surface area contributed by atoms with Crippen LogP contribution in [0.3, 0.4) is 0 Å². The molecule has 0 aliphatic rings. The van der Waals surface area contributed by atoms with Crippen molar-refractivity contribution >= 4 is 5.91 Å². The first-order valence-corrected chi connectivity index (χ1v) is 7.25. The van der Waals surface area contributed by atoms with Gasteiger partial charge in [0, 0.05) is 12.6 Å². The Kier molecular flexibility index (Phi) is 6.68. The van der Waals surface area contributed by atoms with Gasteiger partial charge in [0.05, 0.1) is 12.6 Å². The Hall–Kier alpha value is -1.39. The van der Waals surface area contributed by atoms with Crippen LogP contribution in [0.4, 0.5) is 0 Å². The standard InChI is InChI=1S/C16H27N3O/c1-5-10-18-15(20)11-19(4)16(13(3)17)14-9-7-6-8-12(14)2/h6-9,13,16H,5,10-11,17H2,1-4H3,(H,18,20). The van der Waals surface area contributed by atoms with Crippen molar-refractivity contribution in [3.63, 3.8) is 0 Å². The average molecular weight is 277 g/mol. The van der Waals surface area contributed by atoms with Crippen LogP contribution in [0.1, 0.15) is 37.4 Å². The van der Waals surface area contributed by atoms with Gasteiger partial charge in [-0.1, -0.05) is 31.2 Å². The van der Waals surface area contributed by atoms with E-state index in [9.17, 15) is 4.79 Å². The minimum absolute atomic E-state index is 0.0416. The summed E-state index contributed by atoms with van der Waals surface area (Å²) >= 11 is 0. The van der Waals surface area contributed by atoms with Gasteiger partial charge in [-0.15, -0.1) is 0 Å².